The summed E-state index contributed by atoms with van der Waals surface area (Å²) in [6.07, 6.45) is 3.22. The summed E-state index contributed by atoms with van der Waals surface area (Å²) >= 11 is 0. The number of benzene rings is 1. The third-order valence-corrected chi connectivity index (χ3v) is 10.7. The summed E-state index contributed by atoms with van der Waals surface area (Å²) in [6.45, 7) is 26.6. The Labute approximate surface area is 340 Å². The van der Waals surface area contributed by atoms with E-state index in [9.17, 15) is 33.9 Å². The highest BCUT2D eigenvalue weighted by atomic mass is 16.5. The number of allylic oxidation sites excluding steroid dienone is 2. The third-order valence-electron chi connectivity index (χ3n) is 10.7. The summed E-state index contributed by atoms with van der Waals surface area (Å²) in [7, 11) is 2.87. The minimum absolute atomic E-state index is 0.0383. The molecule has 1 aromatic carbocycles. The molecular weight excluding hydrogens is 727 g/mol. The summed E-state index contributed by atoms with van der Waals surface area (Å²) in [6, 6.07) is 3.62. The molecule has 0 heterocycles. The van der Waals surface area contributed by atoms with Crippen molar-refractivity contribution in [3.8, 4) is 0 Å². The van der Waals surface area contributed by atoms with Crippen LogP contribution in [-0.2, 0) is 39.9 Å². The van der Waals surface area contributed by atoms with Crippen molar-refractivity contribution in [3.63, 3.8) is 0 Å². The van der Waals surface area contributed by atoms with Gasteiger partial charge in [-0.25, -0.2) is 9.64 Å². The molecule has 0 bridgehead atoms. The first-order valence-corrected chi connectivity index (χ1v) is 19.9. The molecule has 0 radical (unpaired) electrons. The Hall–Kier alpha value is -4.83. The van der Waals surface area contributed by atoms with Crippen LogP contribution in [0.5, 0.6) is 0 Å². The molecule has 13 heteroatoms. The fourth-order valence-electron chi connectivity index (χ4n) is 6.21. The predicted octanol–water partition coefficient (Wildman–Crippen LogP) is 5.58. The molecule has 57 heavy (non-hydrogen) atoms. The lowest BCUT2D eigenvalue weighted by Gasteiger charge is -2.33. The molecular formula is C44H67N5O8. The number of hydrogen-bond acceptors (Lipinski definition) is 8. The molecule has 0 fully saturated rings. The molecule has 1 aromatic rings. The lowest BCUT2D eigenvalue weighted by Crippen LogP contribution is -2.56. The topological polar surface area (TPSA) is 167 Å². The fraction of sp³-hybridized carbons (Fsp3) is 0.614. The van der Waals surface area contributed by atoms with Crippen LogP contribution in [0.15, 0.2) is 47.6 Å². The third kappa shape index (κ3) is 15.9. The SMILES string of the molecule is [C-]#[N+]c1ccc(C[C@H](C(=O)N(C)CC(=O)N[C@H](C(C)=O)C(C)CC)N(C)C(=O)[C@H](C)NC(=O)[C@@H](CC(C)C)OC(=O)/C(C)=C/C[C@H](C)[C@H](C)[C@H](O)/C(C)=C/C)cc1. The van der Waals surface area contributed by atoms with E-state index in [-0.39, 0.29) is 48.8 Å². The molecule has 0 aliphatic carbocycles. The molecule has 0 aliphatic heterocycles. The first-order valence-electron chi connectivity index (χ1n) is 19.9. The highest BCUT2D eigenvalue weighted by molar-refractivity contribution is 5.95. The monoisotopic (exact) mass is 793 g/mol. The number of likely N-dealkylation sites (N-methyl/N-ethyl adjacent to an activating group) is 2. The van der Waals surface area contributed by atoms with Crippen molar-refractivity contribution >= 4 is 41.1 Å². The zero-order valence-electron chi connectivity index (χ0n) is 36.3. The Bertz CT molecular complexity index is 1650. The van der Waals surface area contributed by atoms with E-state index in [1.165, 1.54) is 37.7 Å². The molecule has 1 unspecified atom stereocenters. The Balaban J connectivity index is 3.23. The second-order valence-electron chi connectivity index (χ2n) is 15.9. The van der Waals surface area contributed by atoms with Crippen LogP contribution in [0, 0.1) is 30.2 Å². The summed E-state index contributed by atoms with van der Waals surface area (Å²) in [5.74, 6) is -3.37. The molecule has 0 saturated carbocycles. The average molecular weight is 794 g/mol. The molecule has 0 spiro atoms. The predicted molar refractivity (Wildman–Crippen MR) is 222 cm³/mol. The van der Waals surface area contributed by atoms with Crippen molar-refractivity contribution in [3.05, 3.63) is 64.5 Å². The van der Waals surface area contributed by atoms with E-state index in [0.29, 0.717) is 29.7 Å². The fourth-order valence-corrected chi connectivity index (χ4v) is 6.21. The molecule has 0 saturated heterocycles. The second-order valence-corrected chi connectivity index (χ2v) is 15.9. The molecule has 3 N–H and O–H groups in total. The van der Waals surface area contributed by atoms with E-state index in [4.69, 9.17) is 11.3 Å². The maximum Gasteiger partial charge on any atom is 0.334 e. The molecule has 316 valence electrons. The van der Waals surface area contributed by atoms with Gasteiger partial charge in [-0.05, 0) is 82.3 Å². The maximum atomic E-state index is 14.0. The average Bonchev–Trinajstić information content (AvgIpc) is 3.18. The largest absolute Gasteiger partial charge is 0.449 e. The number of rotatable bonds is 22. The zero-order valence-corrected chi connectivity index (χ0v) is 36.3. The number of Topliss-reactive ketones (excluding diaryl/α,β-unsaturated/α-hetero) is 1. The number of nitrogens with zero attached hydrogens (tertiary/aromatic N) is 3. The number of esters is 1. The standard InChI is InChI=1S/C44H67N5O8/c1-15-27(5)39(33(11)50)47-38(51)25-48(13)43(55)36(24-34-19-21-35(45-12)22-20-34)49(14)42(54)32(10)46-41(53)37(23-26(3)4)57-44(56)30(8)18-17-29(7)31(9)40(52)28(6)16-2/h16,18-22,26-27,29,31-32,36-37,39-40,52H,15,17,23-25H2,1-11,13-14H3,(H,46,53)(H,47,51)/b28-16+,30-18+/t27?,29-,31-,32-,36+,37+,39-,40+/m0/s1. The van der Waals surface area contributed by atoms with Gasteiger partial charge < -0.3 is 30.3 Å². The highest BCUT2D eigenvalue weighted by Crippen LogP contribution is 2.24. The van der Waals surface area contributed by atoms with Gasteiger partial charge in [-0.1, -0.05) is 84.4 Å². The van der Waals surface area contributed by atoms with E-state index in [1.54, 1.807) is 37.3 Å². The van der Waals surface area contributed by atoms with E-state index < -0.39 is 59.9 Å². The summed E-state index contributed by atoms with van der Waals surface area (Å²) in [5, 5.41) is 16.0. The van der Waals surface area contributed by atoms with Gasteiger partial charge in [-0.15, -0.1) is 0 Å². The Morgan fingerprint density at radius 3 is 2.02 bits per heavy atom. The minimum atomic E-state index is -1.20. The van der Waals surface area contributed by atoms with Crippen molar-refractivity contribution in [1.82, 2.24) is 20.4 Å². The van der Waals surface area contributed by atoms with Crippen molar-refractivity contribution in [1.29, 1.82) is 0 Å². The van der Waals surface area contributed by atoms with E-state index in [1.807, 2.05) is 61.5 Å². The van der Waals surface area contributed by atoms with Gasteiger partial charge in [0.1, 0.15) is 12.1 Å². The van der Waals surface area contributed by atoms with Crippen molar-refractivity contribution < 1.29 is 38.6 Å². The number of carbonyl (C=O) groups excluding carboxylic acids is 6. The highest BCUT2D eigenvalue weighted by Gasteiger charge is 2.35. The van der Waals surface area contributed by atoms with Crippen LogP contribution in [0.4, 0.5) is 5.69 Å². The van der Waals surface area contributed by atoms with Crippen LogP contribution < -0.4 is 10.6 Å². The van der Waals surface area contributed by atoms with E-state index >= 15 is 0 Å². The smallest absolute Gasteiger partial charge is 0.334 e. The number of ether oxygens (including phenoxy) is 1. The van der Waals surface area contributed by atoms with Crippen LogP contribution in [-0.4, -0.2) is 101 Å². The second kappa shape index (κ2) is 24.1. The quantitative estimate of drug-likeness (QED) is 0.0592. The van der Waals surface area contributed by atoms with Gasteiger partial charge in [0.05, 0.1) is 25.3 Å². The van der Waals surface area contributed by atoms with Crippen molar-refractivity contribution in [2.75, 3.05) is 20.6 Å². The molecule has 4 amide bonds. The van der Waals surface area contributed by atoms with E-state index in [0.717, 1.165) is 5.57 Å². The maximum absolute atomic E-state index is 14.0. The van der Waals surface area contributed by atoms with Crippen LogP contribution in [0.1, 0.15) is 101 Å². The number of amides is 4. The first kappa shape index (κ1) is 50.2. The number of carbonyl (C=O) groups is 6. The van der Waals surface area contributed by atoms with E-state index in [2.05, 4.69) is 15.5 Å². The van der Waals surface area contributed by atoms with Crippen LogP contribution in [0.3, 0.4) is 0 Å². The lowest BCUT2D eigenvalue weighted by molar-refractivity contribution is -0.154. The van der Waals surface area contributed by atoms with Crippen molar-refractivity contribution in [2.45, 2.75) is 132 Å². The van der Waals surface area contributed by atoms with Crippen LogP contribution in [0.25, 0.3) is 4.85 Å². The number of nitrogens with one attached hydrogen (secondary N) is 2. The molecule has 0 aromatic heterocycles. The van der Waals surface area contributed by atoms with Crippen molar-refractivity contribution in [2.24, 2.45) is 23.7 Å². The van der Waals surface area contributed by atoms with Gasteiger partial charge in [0.15, 0.2) is 17.6 Å². The van der Waals surface area contributed by atoms with Gasteiger partial charge in [0, 0.05) is 26.1 Å². The summed E-state index contributed by atoms with van der Waals surface area (Å²) in [5.41, 5.74) is 2.25. The van der Waals surface area contributed by atoms with Gasteiger partial charge >= 0.3 is 5.97 Å². The number of aliphatic hydroxyl groups is 1. The summed E-state index contributed by atoms with van der Waals surface area (Å²) < 4.78 is 5.69. The molecule has 1 rings (SSSR count). The minimum Gasteiger partial charge on any atom is -0.449 e. The number of ketones is 1. The van der Waals surface area contributed by atoms with Gasteiger partial charge in [-0.2, -0.15) is 0 Å². The van der Waals surface area contributed by atoms with Crippen LogP contribution >= 0.6 is 0 Å². The molecule has 0 aliphatic rings. The lowest BCUT2D eigenvalue weighted by atomic mass is 9.85. The number of aliphatic hydroxyl groups excluding tert-OH is 1. The Kier molecular flexibility index (Phi) is 21.2. The zero-order chi connectivity index (χ0) is 43.7. The van der Waals surface area contributed by atoms with Gasteiger partial charge in [0.25, 0.3) is 5.91 Å². The van der Waals surface area contributed by atoms with Gasteiger partial charge in [-0.3, -0.25) is 24.0 Å². The summed E-state index contributed by atoms with van der Waals surface area (Å²) in [4.78, 5) is 85.8. The van der Waals surface area contributed by atoms with Gasteiger partial charge in [0.2, 0.25) is 17.7 Å². The Morgan fingerprint density at radius 1 is 0.912 bits per heavy atom. The number of hydrogen-bond donors (Lipinski definition) is 3. The van der Waals surface area contributed by atoms with Crippen LogP contribution in [0.2, 0.25) is 0 Å². The molecule has 8 atom stereocenters. The Morgan fingerprint density at radius 2 is 1.51 bits per heavy atom. The normalized spacial score (nSPS) is 16.1. The molecule has 13 nitrogen and oxygen atoms in total. The first-order chi connectivity index (χ1) is 26.6.